The molecule has 0 aliphatic carbocycles. The molecular formula is C14H11Cl3O2. The predicted molar refractivity (Wildman–Crippen MR) is 78.5 cm³/mol. The molecule has 100 valence electrons. The van der Waals surface area contributed by atoms with Crippen molar-refractivity contribution in [1.82, 2.24) is 0 Å². The lowest BCUT2D eigenvalue weighted by Crippen LogP contribution is -2.01. The fourth-order valence-electron chi connectivity index (χ4n) is 1.73. The number of hydrogen-bond acceptors (Lipinski definition) is 2. The summed E-state index contributed by atoms with van der Waals surface area (Å²) in [7, 11) is 1.51. The summed E-state index contributed by atoms with van der Waals surface area (Å²) in [5, 5.41) is 11.7. The summed E-state index contributed by atoms with van der Waals surface area (Å²) in [6, 6.07) is 10.1. The summed E-state index contributed by atoms with van der Waals surface area (Å²) < 4.78 is 5.07. The van der Waals surface area contributed by atoms with Crippen LogP contribution in [-0.4, -0.2) is 12.2 Å². The molecule has 0 aliphatic rings. The van der Waals surface area contributed by atoms with Gasteiger partial charge in [-0.3, -0.25) is 0 Å². The maximum Gasteiger partial charge on any atom is 0.138 e. The molecule has 0 saturated carbocycles. The van der Waals surface area contributed by atoms with Gasteiger partial charge in [-0.1, -0.05) is 46.9 Å². The summed E-state index contributed by atoms with van der Waals surface area (Å²) in [5.74, 6) is 0.471. The van der Waals surface area contributed by atoms with E-state index in [-0.39, 0.29) is 0 Å². The lowest BCUT2D eigenvalue weighted by atomic mass is 10.0. The highest BCUT2D eigenvalue weighted by molar-refractivity contribution is 6.34. The normalized spacial score (nSPS) is 12.3. The van der Waals surface area contributed by atoms with Crippen LogP contribution in [0.1, 0.15) is 17.2 Å². The molecule has 0 heterocycles. The molecule has 0 aromatic heterocycles. The van der Waals surface area contributed by atoms with Crippen LogP contribution in [0.15, 0.2) is 36.4 Å². The van der Waals surface area contributed by atoms with Crippen LogP contribution >= 0.6 is 34.8 Å². The minimum absolute atomic E-state index is 0.392. The van der Waals surface area contributed by atoms with E-state index in [4.69, 9.17) is 39.5 Å². The SMILES string of the molecule is COc1cc(Cl)c(C(O)c2ccc(Cl)cc2)cc1Cl. The number of methoxy groups -OCH3 is 1. The van der Waals surface area contributed by atoms with E-state index in [9.17, 15) is 5.11 Å². The second kappa shape index (κ2) is 6.02. The number of halogens is 3. The zero-order chi connectivity index (χ0) is 14.0. The first-order valence-electron chi connectivity index (χ1n) is 5.49. The van der Waals surface area contributed by atoms with E-state index in [0.29, 0.717) is 31.9 Å². The van der Waals surface area contributed by atoms with Crippen molar-refractivity contribution >= 4 is 34.8 Å². The zero-order valence-corrected chi connectivity index (χ0v) is 12.3. The Morgan fingerprint density at radius 1 is 1.00 bits per heavy atom. The topological polar surface area (TPSA) is 29.5 Å². The van der Waals surface area contributed by atoms with Gasteiger partial charge in [0.25, 0.3) is 0 Å². The van der Waals surface area contributed by atoms with Gasteiger partial charge in [-0.15, -0.1) is 0 Å². The van der Waals surface area contributed by atoms with Gasteiger partial charge in [-0.05, 0) is 23.8 Å². The van der Waals surface area contributed by atoms with Gasteiger partial charge in [-0.25, -0.2) is 0 Å². The molecule has 1 atom stereocenters. The van der Waals surface area contributed by atoms with Gasteiger partial charge in [-0.2, -0.15) is 0 Å². The predicted octanol–water partition coefficient (Wildman–Crippen LogP) is 4.74. The van der Waals surface area contributed by atoms with Crippen LogP contribution in [0.2, 0.25) is 15.1 Å². The summed E-state index contributed by atoms with van der Waals surface area (Å²) in [4.78, 5) is 0. The van der Waals surface area contributed by atoms with Gasteiger partial charge in [0, 0.05) is 16.7 Å². The van der Waals surface area contributed by atoms with Crippen molar-refractivity contribution in [2.24, 2.45) is 0 Å². The fraction of sp³-hybridized carbons (Fsp3) is 0.143. The molecule has 2 aromatic carbocycles. The summed E-state index contributed by atoms with van der Waals surface area (Å²) in [6.45, 7) is 0. The van der Waals surface area contributed by atoms with Crippen molar-refractivity contribution < 1.29 is 9.84 Å². The van der Waals surface area contributed by atoms with Crippen LogP contribution in [0.4, 0.5) is 0 Å². The molecule has 0 saturated heterocycles. The Morgan fingerprint density at radius 3 is 2.21 bits per heavy atom. The molecule has 0 spiro atoms. The Hall–Kier alpha value is -0.930. The quantitative estimate of drug-likeness (QED) is 0.886. The molecule has 0 bridgehead atoms. The fourth-order valence-corrected chi connectivity index (χ4v) is 2.37. The van der Waals surface area contributed by atoms with Crippen molar-refractivity contribution in [3.8, 4) is 5.75 Å². The second-order valence-corrected chi connectivity index (χ2v) is 5.21. The third-order valence-corrected chi connectivity index (χ3v) is 3.63. The Bertz CT molecular complexity index is 582. The van der Waals surface area contributed by atoms with Crippen LogP contribution < -0.4 is 4.74 Å². The minimum Gasteiger partial charge on any atom is -0.495 e. The molecule has 1 unspecified atom stereocenters. The number of hydrogen-bond donors (Lipinski definition) is 1. The molecule has 0 aliphatic heterocycles. The van der Waals surface area contributed by atoms with E-state index in [1.54, 1.807) is 36.4 Å². The lowest BCUT2D eigenvalue weighted by Gasteiger charge is -2.15. The van der Waals surface area contributed by atoms with E-state index in [0.717, 1.165) is 0 Å². The second-order valence-electron chi connectivity index (χ2n) is 3.96. The van der Waals surface area contributed by atoms with Gasteiger partial charge in [0.2, 0.25) is 0 Å². The highest BCUT2D eigenvalue weighted by atomic mass is 35.5. The maximum atomic E-state index is 10.3. The van der Waals surface area contributed by atoms with Crippen LogP contribution in [0.25, 0.3) is 0 Å². The van der Waals surface area contributed by atoms with Gasteiger partial charge >= 0.3 is 0 Å². The number of ether oxygens (including phenoxy) is 1. The monoisotopic (exact) mass is 316 g/mol. The summed E-state index contributed by atoms with van der Waals surface area (Å²) in [5.41, 5.74) is 1.21. The first-order valence-corrected chi connectivity index (χ1v) is 6.62. The van der Waals surface area contributed by atoms with Crippen molar-refractivity contribution in [1.29, 1.82) is 0 Å². The Morgan fingerprint density at radius 2 is 1.63 bits per heavy atom. The highest BCUT2D eigenvalue weighted by Gasteiger charge is 2.16. The molecule has 0 radical (unpaired) electrons. The molecule has 19 heavy (non-hydrogen) atoms. The van der Waals surface area contributed by atoms with Crippen LogP contribution in [-0.2, 0) is 0 Å². The first kappa shape index (κ1) is 14.5. The van der Waals surface area contributed by atoms with Gasteiger partial charge in [0.05, 0.1) is 17.2 Å². The Labute approximate surface area is 126 Å². The molecule has 2 nitrogen and oxygen atoms in total. The van der Waals surface area contributed by atoms with Gasteiger partial charge < -0.3 is 9.84 Å². The third-order valence-electron chi connectivity index (χ3n) is 2.75. The number of benzene rings is 2. The van der Waals surface area contributed by atoms with Crippen molar-refractivity contribution in [2.45, 2.75) is 6.10 Å². The Kier molecular flexibility index (Phi) is 4.58. The van der Waals surface area contributed by atoms with Crippen LogP contribution in [0.5, 0.6) is 5.75 Å². The van der Waals surface area contributed by atoms with E-state index in [1.165, 1.54) is 7.11 Å². The van der Waals surface area contributed by atoms with E-state index >= 15 is 0 Å². The third kappa shape index (κ3) is 3.15. The van der Waals surface area contributed by atoms with E-state index < -0.39 is 6.10 Å². The largest absolute Gasteiger partial charge is 0.495 e. The lowest BCUT2D eigenvalue weighted by molar-refractivity contribution is 0.220. The van der Waals surface area contributed by atoms with Crippen LogP contribution in [0.3, 0.4) is 0 Å². The standard InChI is InChI=1S/C14H11Cl3O2/c1-19-13-7-11(16)10(6-12(13)17)14(18)8-2-4-9(15)5-3-8/h2-7,14,18H,1H3. The van der Waals surface area contributed by atoms with Gasteiger partial charge in [0.1, 0.15) is 11.9 Å². The molecule has 1 N–H and O–H groups in total. The molecule has 2 rings (SSSR count). The average Bonchev–Trinajstić information content (AvgIpc) is 2.41. The average molecular weight is 318 g/mol. The molecule has 5 heteroatoms. The summed E-state index contributed by atoms with van der Waals surface area (Å²) in [6.07, 6.45) is -0.867. The Balaban J connectivity index is 2.41. The zero-order valence-electron chi connectivity index (χ0n) is 10.0. The van der Waals surface area contributed by atoms with Gasteiger partial charge in [0.15, 0.2) is 0 Å². The van der Waals surface area contributed by atoms with Crippen LogP contribution in [0, 0.1) is 0 Å². The number of aliphatic hydroxyl groups excluding tert-OH is 1. The molecule has 0 amide bonds. The van der Waals surface area contributed by atoms with Crippen molar-refractivity contribution in [2.75, 3.05) is 7.11 Å². The smallest absolute Gasteiger partial charge is 0.138 e. The van der Waals surface area contributed by atoms with E-state index in [1.807, 2.05) is 0 Å². The van der Waals surface area contributed by atoms with E-state index in [2.05, 4.69) is 0 Å². The number of rotatable bonds is 3. The molecular weight excluding hydrogens is 307 g/mol. The minimum atomic E-state index is -0.867. The first-order chi connectivity index (χ1) is 9.02. The summed E-state index contributed by atoms with van der Waals surface area (Å²) >= 11 is 18.0. The molecule has 0 fully saturated rings. The number of aliphatic hydroxyl groups is 1. The van der Waals surface area contributed by atoms with Crippen molar-refractivity contribution in [3.05, 3.63) is 62.6 Å². The molecule has 2 aromatic rings. The maximum absolute atomic E-state index is 10.3. The highest BCUT2D eigenvalue weighted by Crippen LogP contribution is 2.36. The van der Waals surface area contributed by atoms with Crippen molar-refractivity contribution in [3.63, 3.8) is 0 Å².